The zero-order chi connectivity index (χ0) is 31.5. The molecule has 39 heavy (non-hydrogen) atoms. The van der Waals surface area contributed by atoms with Crippen molar-refractivity contribution >= 4 is 0 Å². The van der Waals surface area contributed by atoms with Gasteiger partial charge in [0.1, 0.15) is 0 Å². The highest BCUT2D eigenvalue weighted by Gasteiger charge is 2.95. The minimum atomic E-state index is -8.77. The van der Waals surface area contributed by atoms with Crippen LogP contribution in [0.4, 0.5) is 83.6 Å². The Morgan fingerprint density at radius 2 is 0.846 bits per heavy atom. The summed E-state index contributed by atoms with van der Waals surface area (Å²) in [5.74, 6) is -57.8. The Morgan fingerprint density at radius 3 is 1.21 bits per heavy atom. The summed E-state index contributed by atoms with van der Waals surface area (Å²) >= 11 is 0. The number of halogens is 19. The molecule has 20 heteroatoms. The number of hydrogen-bond donors (Lipinski definition) is 0. The van der Waals surface area contributed by atoms with Crippen LogP contribution in [0.25, 0.3) is 0 Å². The molecule has 0 radical (unpaired) electrons. The fourth-order valence-electron chi connectivity index (χ4n) is 2.95. The van der Waals surface area contributed by atoms with Crippen molar-refractivity contribution in [1.29, 1.82) is 0 Å². The summed E-state index contributed by atoms with van der Waals surface area (Å²) in [4.78, 5) is -3.77. The Hall–Kier alpha value is -2.15. The monoisotopic (exact) mass is 618 g/mol. The predicted molar refractivity (Wildman–Crippen MR) is 92.1 cm³/mol. The lowest BCUT2D eigenvalue weighted by Crippen LogP contribution is -2.74. The molecule has 0 aliphatic heterocycles. The Labute approximate surface area is 205 Å². The van der Waals surface area contributed by atoms with E-state index in [0.29, 0.717) is 13.8 Å². The van der Waals surface area contributed by atoms with Crippen LogP contribution in [0.3, 0.4) is 0 Å². The SMILES string of the molecule is CC(C)(c1ccccc1)[N+](F)(F)CCC(F)(F)C(F)(F)C(F)(F)C(F)(F)C(F)(F)C(F)(F)C(F)(F)C(F)(F)F. The van der Waals surface area contributed by atoms with Gasteiger partial charge < -0.3 is 0 Å². The molecule has 0 spiro atoms. The van der Waals surface area contributed by atoms with E-state index in [-0.39, 0.29) is 5.56 Å². The van der Waals surface area contributed by atoms with Gasteiger partial charge in [-0.3, -0.25) is 0 Å². The second-order valence-corrected chi connectivity index (χ2v) is 8.68. The molecule has 0 aromatic heterocycles. The van der Waals surface area contributed by atoms with Crippen molar-refractivity contribution in [2.45, 2.75) is 73.4 Å². The van der Waals surface area contributed by atoms with Crippen molar-refractivity contribution in [3.8, 4) is 0 Å². The second kappa shape index (κ2) is 9.46. The maximum absolute atomic E-state index is 14.5. The quantitative estimate of drug-likeness (QED) is 0.172. The third kappa shape index (κ3) is 4.98. The van der Waals surface area contributed by atoms with Crippen LogP contribution in [0, 0.1) is 0 Å². The molecule has 1 rings (SSSR count). The molecular weight excluding hydrogens is 603 g/mol. The fraction of sp³-hybridized carbons (Fsp3) is 0.684. The van der Waals surface area contributed by atoms with Gasteiger partial charge in [0.05, 0.1) is 11.3 Å². The van der Waals surface area contributed by atoms with Crippen LogP contribution in [-0.2, 0) is 5.54 Å². The number of benzene rings is 1. The van der Waals surface area contributed by atoms with E-state index >= 15 is 0 Å². The van der Waals surface area contributed by atoms with Gasteiger partial charge >= 0.3 is 47.6 Å². The van der Waals surface area contributed by atoms with Crippen LogP contribution < -0.4 is 0 Å². The van der Waals surface area contributed by atoms with Crippen molar-refractivity contribution in [1.82, 2.24) is 0 Å². The Balaban J connectivity index is 3.48. The highest BCUT2D eigenvalue weighted by molar-refractivity contribution is 5.20. The Bertz CT molecular complexity index is 994. The molecular formula is C19H15F19N+. The largest absolute Gasteiger partial charge is 0.460 e. The summed E-state index contributed by atoms with van der Waals surface area (Å²) in [6.45, 7) is -1.37. The zero-order valence-corrected chi connectivity index (χ0v) is 18.9. The smallest absolute Gasteiger partial charge is 0.199 e. The van der Waals surface area contributed by atoms with Crippen LogP contribution >= 0.6 is 0 Å². The highest BCUT2D eigenvalue weighted by atomic mass is 19.4. The van der Waals surface area contributed by atoms with E-state index in [0.717, 1.165) is 24.3 Å². The summed E-state index contributed by atoms with van der Waals surface area (Å²) in [5, 5.41) is 0. The van der Waals surface area contributed by atoms with E-state index in [1.807, 2.05) is 0 Å². The molecule has 0 saturated heterocycles. The lowest BCUT2D eigenvalue weighted by Gasteiger charge is -2.43. The van der Waals surface area contributed by atoms with Crippen molar-refractivity contribution < 1.29 is 88.5 Å². The molecule has 0 heterocycles. The van der Waals surface area contributed by atoms with Crippen molar-refractivity contribution in [2.75, 3.05) is 6.54 Å². The number of rotatable bonds is 11. The van der Waals surface area contributed by atoms with Crippen LogP contribution in [-0.4, -0.2) is 59.1 Å². The highest BCUT2D eigenvalue weighted by Crippen LogP contribution is 2.64. The molecule has 0 saturated carbocycles. The van der Waals surface area contributed by atoms with Crippen molar-refractivity contribution in [2.24, 2.45) is 0 Å². The van der Waals surface area contributed by atoms with Gasteiger partial charge in [-0.25, -0.2) is 0 Å². The number of alkyl halides is 17. The molecule has 0 aliphatic carbocycles. The van der Waals surface area contributed by atoms with E-state index < -0.39 is 71.1 Å². The van der Waals surface area contributed by atoms with Gasteiger partial charge in [-0.1, -0.05) is 30.3 Å². The van der Waals surface area contributed by atoms with Gasteiger partial charge in [0, 0.05) is 28.4 Å². The first-order valence-electron chi connectivity index (χ1n) is 9.85. The molecule has 0 amide bonds. The average molecular weight is 618 g/mol. The number of nitrogens with zero attached hydrogens (tertiary/aromatic N) is 1. The molecule has 0 unspecified atom stereocenters. The maximum Gasteiger partial charge on any atom is 0.460 e. The zero-order valence-electron chi connectivity index (χ0n) is 18.9. The summed E-state index contributed by atoms with van der Waals surface area (Å²) in [6.07, 6.45) is -11.1. The molecule has 1 aromatic carbocycles. The standard InChI is InChI=1S/C19H15F19N/c1-11(2,10-6-4-3-5-7-10)39(37,38)9-8-12(20,21)13(22,23)14(24,25)15(26,27)16(28,29)17(30,31)18(32,33)19(34,35)36/h3-7H,8-9H2,1-2H3/q+1. The summed E-state index contributed by atoms with van der Waals surface area (Å²) in [7, 11) is 0. The van der Waals surface area contributed by atoms with Crippen molar-refractivity contribution in [3.63, 3.8) is 0 Å². The maximum atomic E-state index is 14.5. The molecule has 0 atom stereocenters. The van der Waals surface area contributed by atoms with Crippen LogP contribution in [0.2, 0.25) is 0 Å². The van der Waals surface area contributed by atoms with E-state index in [9.17, 15) is 83.6 Å². The number of hydrogen-bond acceptors (Lipinski definition) is 0. The molecule has 0 fully saturated rings. The molecule has 0 bridgehead atoms. The molecule has 1 nitrogen and oxygen atoms in total. The van der Waals surface area contributed by atoms with Gasteiger partial charge in [0.25, 0.3) is 0 Å². The van der Waals surface area contributed by atoms with Crippen molar-refractivity contribution in [3.05, 3.63) is 35.9 Å². The number of quaternary nitrogens is 1. The topological polar surface area (TPSA) is 0 Å². The minimum absolute atomic E-state index is 0.380. The van der Waals surface area contributed by atoms with E-state index in [2.05, 4.69) is 0 Å². The molecule has 228 valence electrons. The molecule has 1 aromatic rings. The molecule has 0 aliphatic rings. The third-order valence-corrected chi connectivity index (χ3v) is 5.79. The van der Waals surface area contributed by atoms with Gasteiger partial charge in [0.15, 0.2) is 12.1 Å². The van der Waals surface area contributed by atoms with E-state index in [4.69, 9.17) is 0 Å². The Kier molecular flexibility index (Phi) is 8.46. The average Bonchev–Trinajstić information content (AvgIpc) is 2.76. The Morgan fingerprint density at radius 1 is 0.513 bits per heavy atom. The van der Waals surface area contributed by atoms with Gasteiger partial charge in [-0.05, 0) is 0 Å². The van der Waals surface area contributed by atoms with Gasteiger partial charge in [-0.15, -0.1) is 0 Å². The fourth-order valence-corrected chi connectivity index (χ4v) is 2.95. The van der Waals surface area contributed by atoms with Crippen LogP contribution in [0.5, 0.6) is 0 Å². The summed E-state index contributed by atoms with van der Waals surface area (Å²) in [5.41, 5.74) is -2.99. The molecule has 0 N–H and O–H groups in total. The van der Waals surface area contributed by atoms with Crippen LogP contribution in [0.1, 0.15) is 25.8 Å². The van der Waals surface area contributed by atoms with Gasteiger partial charge in [0.2, 0.25) is 0 Å². The minimum Gasteiger partial charge on any atom is -0.199 e. The first-order chi connectivity index (χ1) is 16.8. The lowest BCUT2D eigenvalue weighted by molar-refractivity contribution is -1.21. The first kappa shape index (κ1) is 34.9. The summed E-state index contributed by atoms with van der Waals surface area (Å²) in [6, 6.07) is 5.49. The van der Waals surface area contributed by atoms with Gasteiger partial charge in [-0.2, -0.15) is 74.6 Å². The first-order valence-corrected chi connectivity index (χ1v) is 9.85. The van der Waals surface area contributed by atoms with E-state index in [1.54, 1.807) is 0 Å². The third-order valence-electron chi connectivity index (χ3n) is 5.79. The van der Waals surface area contributed by atoms with E-state index in [1.165, 1.54) is 6.07 Å². The predicted octanol–water partition coefficient (Wildman–Crippen LogP) is 8.91. The van der Waals surface area contributed by atoms with Crippen LogP contribution in [0.15, 0.2) is 30.3 Å². The lowest BCUT2D eigenvalue weighted by atomic mass is 9.88. The summed E-state index contributed by atoms with van der Waals surface area (Å²) < 4.78 is 255. The normalized spacial score (nSPS) is 16.0. The second-order valence-electron chi connectivity index (χ2n) is 8.68.